The number of urea groups is 1. The van der Waals surface area contributed by atoms with Crippen LogP contribution in [0.5, 0.6) is 0 Å². The third kappa shape index (κ3) is 5.95. The second kappa shape index (κ2) is 9.64. The van der Waals surface area contributed by atoms with Crippen molar-refractivity contribution in [2.75, 3.05) is 5.32 Å². The maximum atomic E-state index is 13.2. The minimum Gasteiger partial charge on any atom is -0.424 e. The van der Waals surface area contributed by atoms with Crippen molar-refractivity contribution in [3.63, 3.8) is 0 Å². The second-order valence-corrected chi connectivity index (χ2v) is 7.34. The summed E-state index contributed by atoms with van der Waals surface area (Å²) in [6.45, 7) is 0.131. The van der Waals surface area contributed by atoms with Gasteiger partial charge >= 0.3 is 12.4 Å². The van der Waals surface area contributed by atoms with E-state index in [4.69, 9.17) is 4.52 Å². The van der Waals surface area contributed by atoms with Gasteiger partial charge in [0.15, 0.2) is 17.0 Å². The third-order valence-electron chi connectivity index (χ3n) is 4.74. The third-order valence-corrected chi connectivity index (χ3v) is 4.74. The molecule has 2 aromatic heterocycles. The summed E-state index contributed by atoms with van der Waals surface area (Å²) >= 11 is 0. The molecule has 0 fully saturated rings. The zero-order valence-corrected chi connectivity index (χ0v) is 17.9. The number of nitrogens with one attached hydrogen (secondary N) is 1. The van der Waals surface area contributed by atoms with Gasteiger partial charge in [0.2, 0.25) is 18.6 Å². The van der Waals surface area contributed by atoms with Gasteiger partial charge in [0.25, 0.3) is 0 Å². The zero-order chi connectivity index (χ0) is 25.9. The standard InChI is InChI=1S/C22H14F6N6O2/c23-21(24,25)15-2-1-3-16(8-15)31-20(35)32-18-11-34(33-36-18)10-13-4-6-14(7-5-13)17-9-29-12-30-19(17)22(26,27)28/h1-9,11-12H,10H2,(H-,31,32,33,35). The molecule has 0 spiro atoms. The van der Waals surface area contributed by atoms with E-state index < -0.39 is 29.6 Å². The summed E-state index contributed by atoms with van der Waals surface area (Å²) in [6, 6.07) is 9.14. The number of benzene rings is 2. The molecule has 2 aromatic carbocycles. The Morgan fingerprint density at radius 3 is 2.47 bits per heavy atom. The molecule has 0 unspecified atom stereocenters. The van der Waals surface area contributed by atoms with E-state index >= 15 is 0 Å². The fourth-order valence-corrected chi connectivity index (χ4v) is 3.16. The first kappa shape index (κ1) is 24.6. The summed E-state index contributed by atoms with van der Waals surface area (Å²) in [4.78, 5) is 19.0. The number of alkyl halides is 6. The van der Waals surface area contributed by atoms with Gasteiger partial charge in [-0.25, -0.2) is 9.97 Å². The van der Waals surface area contributed by atoms with Gasteiger partial charge in [-0.2, -0.15) is 26.3 Å². The topological polar surface area (TPSA) is 98.9 Å². The highest BCUT2D eigenvalue weighted by atomic mass is 19.4. The molecule has 0 saturated heterocycles. The second-order valence-electron chi connectivity index (χ2n) is 7.34. The van der Waals surface area contributed by atoms with Crippen molar-refractivity contribution in [2.45, 2.75) is 18.9 Å². The van der Waals surface area contributed by atoms with Crippen LogP contribution in [-0.2, 0) is 18.9 Å². The van der Waals surface area contributed by atoms with Gasteiger partial charge < -0.3 is 15.2 Å². The van der Waals surface area contributed by atoms with Crippen LogP contribution in [0.3, 0.4) is 0 Å². The van der Waals surface area contributed by atoms with E-state index in [9.17, 15) is 31.1 Å². The summed E-state index contributed by atoms with van der Waals surface area (Å²) in [5.74, 6) is -0.215. The summed E-state index contributed by atoms with van der Waals surface area (Å²) in [6.07, 6.45) is -6.03. The number of rotatable bonds is 5. The molecule has 0 atom stereocenters. The van der Waals surface area contributed by atoms with Crippen molar-refractivity contribution in [3.8, 4) is 11.1 Å². The average Bonchev–Trinajstić information content (AvgIpc) is 3.25. The molecule has 0 aliphatic rings. The maximum absolute atomic E-state index is 13.2. The van der Waals surface area contributed by atoms with Gasteiger partial charge in [-0.15, -0.1) is 0 Å². The van der Waals surface area contributed by atoms with Crippen LogP contribution in [0.15, 0.2) is 71.8 Å². The van der Waals surface area contributed by atoms with Gasteiger partial charge in [0, 0.05) is 17.3 Å². The van der Waals surface area contributed by atoms with Crippen molar-refractivity contribution in [2.24, 2.45) is 0 Å². The van der Waals surface area contributed by atoms with Crippen LogP contribution in [0.4, 0.5) is 42.7 Å². The first-order chi connectivity index (χ1) is 17.0. The molecule has 4 rings (SSSR count). The minimum absolute atomic E-state index is 0.108. The van der Waals surface area contributed by atoms with Gasteiger partial charge in [-0.05, 0) is 22.0 Å². The van der Waals surface area contributed by atoms with Crippen molar-refractivity contribution >= 4 is 17.6 Å². The quantitative estimate of drug-likeness (QED) is 0.274. The van der Waals surface area contributed by atoms with E-state index in [0.29, 0.717) is 5.56 Å². The van der Waals surface area contributed by atoms with Gasteiger partial charge in [-0.3, -0.25) is 4.79 Å². The highest BCUT2D eigenvalue weighted by Gasteiger charge is 2.35. The molecule has 0 saturated carbocycles. The lowest BCUT2D eigenvalue weighted by Crippen LogP contribution is -2.35. The van der Waals surface area contributed by atoms with Crippen molar-refractivity contribution in [1.82, 2.24) is 15.2 Å². The van der Waals surface area contributed by atoms with Crippen LogP contribution in [0.25, 0.3) is 16.4 Å². The van der Waals surface area contributed by atoms with E-state index in [0.717, 1.165) is 30.7 Å². The Hall–Kier alpha value is -4.49. The highest BCUT2D eigenvalue weighted by molar-refractivity contribution is 6.03. The SMILES string of the molecule is O=C([N-]c1c[n+](Cc2ccc(-c3cncnc3C(F)(F)F)cc2)no1)Nc1cccc(C(F)(F)F)c1. The molecule has 36 heavy (non-hydrogen) atoms. The van der Waals surface area contributed by atoms with Gasteiger partial charge in [-0.1, -0.05) is 42.5 Å². The monoisotopic (exact) mass is 508 g/mol. The largest absolute Gasteiger partial charge is 0.434 e. The van der Waals surface area contributed by atoms with Crippen LogP contribution in [-0.4, -0.2) is 21.3 Å². The molecule has 8 nitrogen and oxygen atoms in total. The first-order valence-electron chi connectivity index (χ1n) is 10.0. The zero-order valence-electron chi connectivity index (χ0n) is 17.9. The fourth-order valence-electron chi connectivity index (χ4n) is 3.16. The van der Waals surface area contributed by atoms with Crippen molar-refractivity contribution in [1.29, 1.82) is 0 Å². The number of anilines is 1. The van der Waals surface area contributed by atoms with Crippen LogP contribution in [0.1, 0.15) is 16.8 Å². The number of hydrogen-bond acceptors (Lipinski definition) is 5. The molecule has 0 bridgehead atoms. The normalized spacial score (nSPS) is 11.8. The van der Waals surface area contributed by atoms with Crippen LogP contribution in [0, 0.1) is 0 Å². The molecule has 2 amide bonds. The summed E-state index contributed by atoms with van der Waals surface area (Å²) in [7, 11) is 0. The number of carbonyl (C=O) groups excluding carboxylic acids is 1. The fraction of sp³-hybridized carbons (Fsp3) is 0.136. The van der Waals surface area contributed by atoms with E-state index in [1.54, 1.807) is 12.1 Å². The Morgan fingerprint density at radius 2 is 1.78 bits per heavy atom. The highest BCUT2D eigenvalue weighted by Crippen LogP contribution is 2.35. The summed E-state index contributed by atoms with van der Waals surface area (Å²) in [5, 5.41) is 9.49. The Morgan fingerprint density at radius 1 is 1.03 bits per heavy atom. The summed E-state index contributed by atoms with van der Waals surface area (Å²) < 4.78 is 84.1. The van der Waals surface area contributed by atoms with Crippen LogP contribution < -0.4 is 10.00 Å². The molecule has 1 N–H and O–H groups in total. The Balaban J connectivity index is 1.39. The van der Waals surface area contributed by atoms with E-state index in [1.165, 1.54) is 29.1 Å². The van der Waals surface area contributed by atoms with E-state index in [2.05, 4.69) is 25.9 Å². The average molecular weight is 508 g/mol. The molecule has 186 valence electrons. The summed E-state index contributed by atoms with van der Waals surface area (Å²) in [5.41, 5.74) is -1.35. The van der Waals surface area contributed by atoms with Crippen molar-refractivity contribution in [3.05, 3.63) is 89.4 Å². The molecule has 0 aliphatic heterocycles. The predicted molar refractivity (Wildman–Crippen MR) is 112 cm³/mol. The molecular formula is C22H14F6N6O2. The number of aromatic nitrogens is 4. The smallest absolute Gasteiger partial charge is 0.424 e. The Kier molecular flexibility index (Phi) is 6.59. The van der Waals surface area contributed by atoms with Gasteiger partial charge in [0.05, 0.1) is 5.56 Å². The number of carbonyl (C=O) groups is 1. The lowest BCUT2D eigenvalue weighted by molar-refractivity contribution is -0.754. The van der Waals surface area contributed by atoms with Crippen molar-refractivity contribution < 1.29 is 40.3 Å². The first-order valence-corrected chi connectivity index (χ1v) is 10.0. The van der Waals surface area contributed by atoms with Crippen LogP contribution in [0.2, 0.25) is 0 Å². The maximum Gasteiger partial charge on any atom is 0.434 e. The molecule has 0 aliphatic carbocycles. The number of nitrogens with zero attached hydrogens (tertiary/aromatic N) is 5. The molecule has 4 aromatic rings. The van der Waals surface area contributed by atoms with E-state index in [-0.39, 0.29) is 29.2 Å². The lowest BCUT2D eigenvalue weighted by Gasteiger charge is -2.15. The van der Waals surface area contributed by atoms with Crippen LogP contribution >= 0.6 is 0 Å². The molecular weight excluding hydrogens is 494 g/mol. The Bertz CT molecular complexity index is 1370. The predicted octanol–water partition coefficient (Wildman–Crippen LogP) is 5.74. The molecule has 14 heteroatoms. The van der Waals surface area contributed by atoms with Gasteiger partial charge in [0.1, 0.15) is 6.33 Å². The number of halogens is 6. The van der Waals surface area contributed by atoms with E-state index in [1.807, 2.05) is 0 Å². The number of amides is 2. The lowest BCUT2D eigenvalue weighted by atomic mass is 10.0. The molecule has 2 heterocycles. The minimum atomic E-state index is -4.64. The number of hydrogen-bond donors (Lipinski definition) is 1. The molecule has 0 radical (unpaired) electrons. The Labute approximate surface area is 198 Å².